The number of hydrogen-bond acceptors (Lipinski definition) is 4. The largest absolute Gasteiger partial charge is 0.381 e. The summed E-state index contributed by atoms with van der Waals surface area (Å²) in [6, 6.07) is 1.43. The first-order chi connectivity index (χ1) is 11.1. The zero-order chi connectivity index (χ0) is 16.4. The molecule has 8 nitrogen and oxygen atoms in total. The lowest BCUT2D eigenvalue weighted by Gasteiger charge is -2.29. The molecule has 1 fully saturated rings. The van der Waals surface area contributed by atoms with Crippen LogP contribution < -0.4 is 15.5 Å². The molecule has 2 aliphatic rings. The number of nitrogens with zero attached hydrogens (tertiary/aromatic N) is 3. The number of carbonyl (C=O) groups is 2. The predicted octanol–water partition coefficient (Wildman–Crippen LogP) is 1.19. The Labute approximate surface area is 135 Å². The molecular weight excluding hydrogens is 298 g/mol. The molecule has 1 aromatic heterocycles. The van der Waals surface area contributed by atoms with Crippen molar-refractivity contribution < 1.29 is 14.3 Å². The van der Waals surface area contributed by atoms with Crippen molar-refractivity contribution >= 4 is 23.6 Å². The monoisotopic (exact) mass is 321 g/mol. The lowest BCUT2D eigenvalue weighted by molar-refractivity contribution is -0.124. The van der Waals surface area contributed by atoms with E-state index in [2.05, 4.69) is 15.7 Å². The maximum Gasteiger partial charge on any atom is 0.320 e. The lowest BCUT2D eigenvalue weighted by Crippen LogP contribution is -2.37. The van der Waals surface area contributed by atoms with Gasteiger partial charge in [-0.05, 0) is 25.7 Å². The van der Waals surface area contributed by atoms with Crippen molar-refractivity contribution in [3.8, 4) is 0 Å². The summed E-state index contributed by atoms with van der Waals surface area (Å²) in [6.07, 6.45) is 3.88. The van der Waals surface area contributed by atoms with Crippen LogP contribution in [0.25, 0.3) is 0 Å². The Kier molecular flexibility index (Phi) is 4.51. The first-order valence-corrected chi connectivity index (χ1v) is 8.03. The molecule has 8 heteroatoms. The van der Waals surface area contributed by atoms with Crippen LogP contribution in [0.4, 0.5) is 16.4 Å². The van der Waals surface area contributed by atoms with Crippen LogP contribution in [0.1, 0.15) is 25.7 Å². The predicted molar refractivity (Wildman–Crippen MR) is 85.4 cm³/mol. The number of ether oxygens (including phenoxy) is 1. The summed E-state index contributed by atoms with van der Waals surface area (Å²) >= 11 is 0. The third-order valence-corrected chi connectivity index (χ3v) is 4.66. The number of amides is 3. The second-order valence-electron chi connectivity index (χ2n) is 6.01. The van der Waals surface area contributed by atoms with Crippen molar-refractivity contribution in [1.29, 1.82) is 0 Å². The smallest absolute Gasteiger partial charge is 0.320 e. The van der Waals surface area contributed by atoms with Gasteiger partial charge in [-0.3, -0.25) is 15.0 Å². The van der Waals surface area contributed by atoms with Gasteiger partial charge in [0.1, 0.15) is 5.82 Å². The van der Waals surface area contributed by atoms with Crippen LogP contribution in [-0.2, 0) is 16.1 Å². The molecule has 0 radical (unpaired) electrons. The van der Waals surface area contributed by atoms with Crippen molar-refractivity contribution in [1.82, 2.24) is 15.1 Å². The van der Waals surface area contributed by atoms with Crippen LogP contribution in [0.3, 0.4) is 0 Å². The molecule has 1 saturated carbocycles. The number of hydrogen-bond donors (Lipinski definition) is 2. The fourth-order valence-corrected chi connectivity index (χ4v) is 3.33. The van der Waals surface area contributed by atoms with E-state index in [1.54, 1.807) is 29.8 Å². The minimum Gasteiger partial charge on any atom is -0.381 e. The first kappa shape index (κ1) is 15.8. The van der Waals surface area contributed by atoms with Crippen LogP contribution >= 0.6 is 0 Å². The Morgan fingerprint density at radius 1 is 1.26 bits per heavy atom. The molecule has 0 spiro atoms. The molecule has 1 aromatic rings. The van der Waals surface area contributed by atoms with Gasteiger partial charge in [-0.2, -0.15) is 5.10 Å². The SMILES string of the molecule is CNC(=O)Nc1cc2n(n1)CCN2C(=O)C1CCC(OC)CC1. The van der Waals surface area contributed by atoms with Crippen LogP contribution in [0.2, 0.25) is 0 Å². The topological polar surface area (TPSA) is 88.5 Å². The zero-order valence-electron chi connectivity index (χ0n) is 13.5. The van der Waals surface area contributed by atoms with E-state index in [-0.39, 0.29) is 24.0 Å². The van der Waals surface area contributed by atoms with E-state index in [4.69, 9.17) is 4.74 Å². The second kappa shape index (κ2) is 6.57. The molecule has 2 N–H and O–H groups in total. The molecule has 0 unspecified atom stereocenters. The highest BCUT2D eigenvalue weighted by atomic mass is 16.5. The molecule has 3 amide bonds. The van der Waals surface area contributed by atoms with Crippen molar-refractivity contribution in [2.24, 2.45) is 5.92 Å². The van der Waals surface area contributed by atoms with Gasteiger partial charge in [-0.25, -0.2) is 9.48 Å². The quantitative estimate of drug-likeness (QED) is 0.875. The third kappa shape index (κ3) is 3.17. The van der Waals surface area contributed by atoms with Gasteiger partial charge in [-0.15, -0.1) is 0 Å². The summed E-state index contributed by atoms with van der Waals surface area (Å²) in [7, 11) is 3.28. The molecule has 0 aromatic carbocycles. The highest BCUT2D eigenvalue weighted by molar-refractivity contribution is 5.96. The maximum absolute atomic E-state index is 12.8. The van der Waals surface area contributed by atoms with Gasteiger partial charge >= 0.3 is 6.03 Å². The summed E-state index contributed by atoms with van der Waals surface area (Å²) in [4.78, 5) is 25.9. The average Bonchev–Trinajstić information content (AvgIpc) is 3.14. The summed E-state index contributed by atoms with van der Waals surface area (Å²) in [5, 5.41) is 9.43. The molecule has 0 atom stereocenters. The van der Waals surface area contributed by atoms with Crippen LogP contribution in [0.5, 0.6) is 0 Å². The number of nitrogens with one attached hydrogen (secondary N) is 2. The molecule has 1 aliphatic carbocycles. The van der Waals surface area contributed by atoms with Crippen LogP contribution in [0.15, 0.2) is 6.07 Å². The number of aromatic nitrogens is 2. The normalized spacial score (nSPS) is 23.5. The van der Waals surface area contributed by atoms with Crippen LogP contribution in [-0.4, -0.2) is 48.5 Å². The van der Waals surface area contributed by atoms with E-state index >= 15 is 0 Å². The maximum atomic E-state index is 12.8. The van der Waals surface area contributed by atoms with Gasteiger partial charge in [-0.1, -0.05) is 0 Å². The Morgan fingerprint density at radius 3 is 2.65 bits per heavy atom. The average molecular weight is 321 g/mol. The Balaban J connectivity index is 1.67. The molecule has 0 saturated heterocycles. The van der Waals surface area contributed by atoms with Crippen molar-refractivity contribution in [2.75, 3.05) is 30.9 Å². The molecular formula is C15H23N5O3. The fourth-order valence-electron chi connectivity index (χ4n) is 3.33. The summed E-state index contributed by atoms with van der Waals surface area (Å²) in [6.45, 7) is 1.30. The molecule has 126 valence electrons. The van der Waals surface area contributed by atoms with Gasteiger partial charge in [0.2, 0.25) is 5.91 Å². The summed E-state index contributed by atoms with van der Waals surface area (Å²) in [5.41, 5.74) is 0. The van der Waals surface area contributed by atoms with Crippen molar-refractivity contribution in [2.45, 2.75) is 38.3 Å². The third-order valence-electron chi connectivity index (χ3n) is 4.66. The number of rotatable bonds is 3. The number of fused-ring (bicyclic) bond motifs is 1. The molecule has 1 aliphatic heterocycles. The highest BCUT2D eigenvalue weighted by Crippen LogP contribution is 2.31. The van der Waals surface area contributed by atoms with Gasteiger partial charge in [0.25, 0.3) is 0 Å². The summed E-state index contributed by atoms with van der Waals surface area (Å²) in [5.74, 6) is 1.43. The van der Waals surface area contributed by atoms with E-state index in [1.807, 2.05) is 0 Å². The van der Waals surface area contributed by atoms with Gasteiger partial charge in [0.15, 0.2) is 5.82 Å². The Bertz CT molecular complexity index is 592. The Morgan fingerprint density at radius 2 is 2.00 bits per heavy atom. The zero-order valence-corrected chi connectivity index (χ0v) is 13.5. The fraction of sp³-hybridized carbons (Fsp3) is 0.667. The molecule has 23 heavy (non-hydrogen) atoms. The van der Waals surface area contributed by atoms with E-state index in [0.717, 1.165) is 31.5 Å². The molecule has 3 rings (SSSR count). The van der Waals surface area contributed by atoms with Gasteiger partial charge in [0, 0.05) is 32.7 Å². The van der Waals surface area contributed by atoms with Crippen molar-refractivity contribution in [3.63, 3.8) is 0 Å². The van der Waals surface area contributed by atoms with Crippen molar-refractivity contribution in [3.05, 3.63) is 6.07 Å². The lowest BCUT2D eigenvalue weighted by atomic mass is 9.86. The van der Waals surface area contributed by atoms with E-state index in [1.165, 1.54) is 0 Å². The van der Waals surface area contributed by atoms with Crippen LogP contribution in [0, 0.1) is 5.92 Å². The minimum atomic E-state index is -0.322. The van der Waals surface area contributed by atoms with Gasteiger partial charge < -0.3 is 10.1 Å². The number of anilines is 2. The van der Waals surface area contributed by atoms with Gasteiger partial charge in [0.05, 0.1) is 12.6 Å². The second-order valence-corrected chi connectivity index (χ2v) is 6.01. The number of urea groups is 1. The molecule has 0 bridgehead atoms. The first-order valence-electron chi connectivity index (χ1n) is 8.03. The van der Waals surface area contributed by atoms with E-state index < -0.39 is 0 Å². The number of carbonyl (C=O) groups excluding carboxylic acids is 2. The minimum absolute atomic E-state index is 0.0539. The Hall–Kier alpha value is -2.09. The standard InChI is InChI=1S/C15H23N5O3/c1-16-15(22)17-12-9-13-19(7-8-20(13)18-12)14(21)10-3-5-11(23-2)6-4-10/h9-11H,3-8H2,1-2H3,(H2,16,17,18,22). The summed E-state index contributed by atoms with van der Waals surface area (Å²) < 4.78 is 7.13. The van der Waals surface area contributed by atoms with E-state index in [0.29, 0.717) is 18.9 Å². The van der Waals surface area contributed by atoms with E-state index in [9.17, 15) is 9.59 Å². The molecule has 2 heterocycles. The number of methoxy groups -OCH3 is 1. The highest BCUT2D eigenvalue weighted by Gasteiger charge is 2.34.